The summed E-state index contributed by atoms with van der Waals surface area (Å²) < 4.78 is 10.8. The Balaban J connectivity index is 1.44. The molecule has 0 saturated heterocycles. The maximum absolute atomic E-state index is 12.5. The molecule has 138 valence electrons. The van der Waals surface area contributed by atoms with Gasteiger partial charge < -0.3 is 9.15 Å². The van der Waals surface area contributed by atoms with Gasteiger partial charge in [0, 0.05) is 29.4 Å². The first-order chi connectivity index (χ1) is 13.7. The highest BCUT2D eigenvalue weighted by Crippen LogP contribution is 2.29. The van der Waals surface area contributed by atoms with E-state index in [0.717, 1.165) is 24.6 Å². The van der Waals surface area contributed by atoms with Crippen molar-refractivity contribution in [2.45, 2.75) is 25.9 Å². The molecule has 0 fully saturated rings. The van der Waals surface area contributed by atoms with E-state index in [1.54, 1.807) is 30.6 Å². The summed E-state index contributed by atoms with van der Waals surface area (Å²) in [5.74, 6) is -0.477. The predicted octanol–water partition coefficient (Wildman–Crippen LogP) is 3.58. The minimum absolute atomic E-state index is 0.00176. The summed E-state index contributed by atoms with van der Waals surface area (Å²) in [7, 11) is 0. The molecular weight excluding hydrogens is 356 g/mol. The van der Waals surface area contributed by atoms with Gasteiger partial charge in [-0.05, 0) is 60.7 Å². The Kier molecular flexibility index (Phi) is 3.90. The highest BCUT2D eigenvalue weighted by atomic mass is 16.5. The molecule has 6 nitrogen and oxygen atoms in total. The molecule has 4 aromatic rings. The predicted molar refractivity (Wildman–Crippen MR) is 103 cm³/mol. The second-order valence-corrected chi connectivity index (χ2v) is 6.90. The van der Waals surface area contributed by atoms with Crippen LogP contribution in [0.3, 0.4) is 0 Å². The van der Waals surface area contributed by atoms with Crippen LogP contribution in [-0.4, -0.2) is 15.9 Å². The van der Waals surface area contributed by atoms with Gasteiger partial charge in [0.2, 0.25) is 0 Å². The number of hydrogen-bond donors (Lipinski definition) is 0. The van der Waals surface area contributed by atoms with E-state index in [-0.39, 0.29) is 6.61 Å². The fourth-order valence-electron chi connectivity index (χ4n) is 3.73. The fraction of sp³-hybridized carbons (Fsp3) is 0.182. The number of ether oxygens (including phenoxy) is 1. The molecule has 1 aliphatic rings. The summed E-state index contributed by atoms with van der Waals surface area (Å²) in [5.41, 5.74) is 4.95. The third-order valence-corrected chi connectivity index (χ3v) is 5.11. The maximum atomic E-state index is 12.5. The summed E-state index contributed by atoms with van der Waals surface area (Å²) in [4.78, 5) is 32.8. The lowest BCUT2D eigenvalue weighted by molar-refractivity contribution is 0.0474. The fourth-order valence-corrected chi connectivity index (χ4v) is 3.73. The lowest BCUT2D eigenvalue weighted by Gasteiger charge is -2.09. The number of carbonyl (C=O) groups is 1. The molecule has 0 N–H and O–H groups in total. The first-order valence-corrected chi connectivity index (χ1v) is 9.14. The van der Waals surface area contributed by atoms with Crippen LogP contribution in [0.4, 0.5) is 0 Å². The van der Waals surface area contributed by atoms with Crippen molar-refractivity contribution in [1.82, 2.24) is 9.97 Å². The molecule has 0 amide bonds. The van der Waals surface area contributed by atoms with Crippen molar-refractivity contribution in [1.29, 1.82) is 0 Å². The third kappa shape index (κ3) is 2.93. The average molecular weight is 372 g/mol. The molecule has 5 rings (SSSR count). The molecular formula is C22H16N2O4. The summed E-state index contributed by atoms with van der Waals surface area (Å²) >= 11 is 0. The molecule has 2 aromatic heterocycles. The van der Waals surface area contributed by atoms with E-state index in [1.807, 2.05) is 6.07 Å². The molecule has 0 atom stereocenters. The largest absolute Gasteiger partial charge is 0.457 e. The van der Waals surface area contributed by atoms with Crippen molar-refractivity contribution in [2.24, 2.45) is 0 Å². The van der Waals surface area contributed by atoms with Gasteiger partial charge in [-0.2, -0.15) is 0 Å². The zero-order valence-corrected chi connectivity index (χ0v) is 15.0. The van der Waals surface area contributed by atoms with E-state index in [2.05, 4.69) is 16.0 Å². The van der Waals surface area contributed by atoms with Crippen LogP contribution >= 0.6 is 0 Å². The van der Waals surface area contributed by atoms with Crippen LogP contribution in [0.1, 0.15) is 33.5 Å². The lowest BCUT2D eigenvalue weighted by Crippen LogP contribution is -2.08. The Bertz CT molecular complexity index is 1290. The van der Waals surface area contributed by atoms with Crippen LogP contribution in [0, 0.1) is 0 Å². The van der Waals surface area contributed by atoms with Gasteiger partial charge in [-0.15, -0.1) is 0 Å². The quantitative estimate of drug-likeness (QED) is 0.404. The van der Waals surface area contributed by atoms with E-state index in [0.29, 0.717) is 27.7 Å². The number of fused-ring (bicyclic) bond motifs is 3. The van der Waals surface area contributed by atoms with Crippen LogP contribution in [0.2, 0.25) is 0 Å². The summed E-state index contributed by atoms with van der Waals surface area (Å²) in [6.07, 6.45) is 6.29. The minimum Gasteiger partial charge on any atom is -0.457 e. The normalized spacial score (nSPS) is 13.0. The van der Waals surface area contributed by atoms with Gasteiger partial charge in [-0.3, -0.25) is 9.97 Å². The second kappa shape index (κ2) is 6.56. The number of hydrogen-bond acceptors (Lipinski definition) is 6. The molecule has 0 aliphatic heterocycles. The van der Waals surface area contributed by atoms with Crippen molar-refractivity contribution in [2.75, 3.05) is 0 Å². The minimum atomic E-state index is -0.477. The Labute approximate surface area is 159 Å². The van der Waals surface area contributed by atoms with E-state index in [4.69, 9.17) is 9.15 Å². The maximum Gasteiger partial charge on any atom is 0.338 e. The van der Waals surface area contributed by atoms with Crippen molar-refractivity contribution in [3.8, 4) is 0 Å². The van der Waals surface area contributed by atoms with Gasteiger partial charge in [0.05, 0.1) is 16.6 Å². The number of aromatic nitrogens is 2. The van der Waals surface area contributed by atoms with Gasteiger partial charge in [0.1, 0.15) is 12.2 Å². The molecule has 2 aromatic carbocycles. The zero-order valence-electron chi connectivity index (χ0n) is 15.0. The molecule has 0 unspecified atom stereocenters. The summed E-state index contributed by atoms with van der Waals surface area (Å²) in [5, 5.41) is 0.817. The van der Waals surface area contributed by atoms with E-state index >= 15 is 0 Å². The molecule has 0 radical (unpaired) electrons. The Morgan fingerprint density at radius 1 is 1.00 bits per heavy atom. The van der Waals surface area contributed by atoms with Crippen LogP contribution in [-0.2, 0) is 24.2 Å². The average Bonchev–Trinajstić information content (AvgIpc) is 3.17. The van der Waals surface area contributed by atoms with Gasteiger partial charge in [0.15, 0.2) is 0 Å². The zero-order chi connectivity index (χ0) is 19.1. The van der Waals surface area contributed by atoms with E-state index < -0.39 is 11.6 Å². The Morgan fingerprint density at radius 2 is 1.79 bits per heavy atom. The molecule has 0 saturated carbocycles. The van der Waals surface area contributed by atoms with Crippen LogP contribution in [0.15, 0.2) is 58.0 Å². The first kappa shape index (κ1) is 16.6. The number of esters is 1. The van der Waals surface area contributed by atoms with Crippen molar-refractivity contribution < 1.29 is 13.9 Å². The number of carbonyl (C=O) groups excluding carboxylic acids is 1. The monoisotopic (exact) mass is 372 g/mol. The highest BCUT2D eigenvalue weighted by Gasteiger charge is 2.16. The van der Waals surface area contributed by atoms with Gasteiger partial charge in [-0.25, -0.2) is 9.59 Å². The first-order valence-electron chi connectivity index (χ1n) is 9.14. The molecule has 1 aliphatic carbocycles. The molecule has 2 heterocycles. The SMILES string of the molecule is O=C(OCc1cc(=O)oc2cc3c(cc12)CCC3)c1ccc2nccnc2c1. The molecule has 0 bridgehead atoms. The van der Waals surface area contributed by atoms with Crippen molar-refractivity contribution in [3.05, 3.63) is 81.5 Å². The van der Waals surface area contributed by atoms with Crippen LogP contribution in [0.5, 0.6) is 0 Å². The molecule has 28 heavy (non-hydrogen) atoms. The standard InChI is InChI=1S/C22H16N2O4/c25-21-11-16(17-8-13-2-1-3-14(13)10-20(17)28-21)12-27-22(26)15-4-5-18-19(9-15)24-7-6-23-18/h4-11H,1-3,12H2. The second-order valence-electron chi connectivity index (χ2n) is 6.90. The number of aryl methyl sites for hydroxylation is 2. The smallest absolute Gasteiger partial charge is 0.338 e. The summed E-state index contributed by atoms with van der Waals surface area (Å²) in [6, 6.07) is 10.4. The van der Waals surface area contributed by atoms with E-state index in [9.17, 15) is 9.59 Å². The molecule has 6 heteroatoms. The molecule has 0 spiro atoms. The van der Waals surface area contributed by atoms with Gasteiger partial charge >= 0.3 is 11.6 Å². The highest BCUT2D eigenvalue weighted by molar-refractivity contribution is 5.93. The van der Waals surface area contributed by atoms with Crippen LogP contribution < -0.4 is 5.63 Å². The number of benzene rings is 2. The van der Waals surface area contributed by atoms with Crippen molar-refractivity contribution >= 4 is 28.0 Å². The third-order valence-electron chi connectivity index (χ3n) is 5.11. The van der Waals surface area contributed by atoms with Gasteiger partial charge in [0.25, 0.3) is 0 Å². The summed E-state index contributed by atoms with van der Waals surface area (Å²) in [6.45, 7) is -0.00176. The van der Waals surface area contributed by atoms with Crippen molar-refractivity contribution in [3.63, 3.8) is 0 Å². The van der Waals surface area contributed by atoms with E-state index in [1.165, 1.54) is 17.2 Å². The Hall–Kier alpha value is -3.54. The Morgan fingerprint density at radius 3 is 2.64 bits per heavy atom. The lowest BCUT2D eigenvalue weighted by atomic mass is 10.0. The topological polar surface area (TPSA) is 82.3 Å². The van der Waals surface area contributed by atoms with Gasteiger partial charge in [-0.1, -0.05) is 0 Å². The number of rotatable bonds is 3. The number of nitrogens with zero attached hydrogens (tertiary/aromatic N) is 2. The van der Waals surface area contributed by atoms with Crippen LogP contribution in [0.25, 0.3) is 22.0 Å².